The molecule has 4 heteroatoms. The summed E-state index contributed by atoms with van der Waals surface area (Å²) in [7, 11) is 0. The van der Waals surface area contributed by atoms with Crippen LogP contribution in [0.3, 0.4) is 0 Å². The zero-order valence-electron chi connectivity index (χ0n) is 10.3. The normalized spacial score (nSPS) is 10.3. The lowest BCUT2D eigenvalue weighted by Crippen LogP contribution is -2.23. The highest BCUT2D eigenvalue weighted by molar-refractivity contribution is 5.76. The van der Waals surface area contributed by atoms with Crippen molar-refractivity contribution in [1.29, 1.82) is 0 Å². The summed E-state index contributed by atoms with van der Waals surface area (Å²) in [4.78, 5) is 15.6. The highest BCUT2D eigenvalue weighted by atomic mass is 16.3. The molecular weight excluding hydrogens is 228 g/mol. The number of carbonyl (C=O) groups excluding carboxylic acids is 1. The molecule has 0 radical (unpaired) electrons. The van der Waals surface area contributed by atoms with Crippen LogP contribution in [-0.4, -0.2) is 10.9 Å². The van der Waals surface area contributed by atoms with Crippen LogP contribution in [0.15, 0.2) is 41.3 Å². The summed E-state index contributed by atoms with van der Waals surface area (Å²) in [6.07, 6.45) is 3.98. The van der Waals surface area contributed by atoms with Gasteiger partial charge in [-0.15, -0.1) is 0 Å². The Bertz CT molecular complexity index is 506. The molecule has 18 heavy (non-hydrogen) atoms. The summed E-state index contributed by atoms with van der Waals surface area (Å²) in [5.41, 5.74) is 3.14. The van der Waals surface area contributed by atoms with E-state index in [0.29, 0.717) is 19.4 Å². The molecule has 1 heterocycles. The topological polar surface area (TPSA) is 55.1 Å². The average molecular weight is 244 g/mol. The van der Waals surface area contributed by atoms with Crippen LogP contribution in [-0.2, 0) is 17.8 Å². The van der Waals surface area contributed by atoms with Crippen LogP contribution < -0.4 is 5.32 Å². The van der Waals surface area contributed by atoms with E-state index in [1.165, 1.54) is 12.0 Å². The van der Waals surface area contributed by atoms with E-state index >= 15 is 0 Å². The monoisotopic (exact) mass is 244 g/mol. The number of hydrogen-bond acceptors (Lipinski definition) is 3. The van der Waals surface area contributed by atoms with Gasteiger partial charge in [0.1, 0.15) is 6.26 Å². The molecule has 1 N–H and O–H groups in total. The highest BCUT2D eigenvalue weighted by Crippen LogP contribution is 2.06. The summed E-state index contributed by atoms with van der Waals surface area (Å²) in [5.74, 6) is 0.0289. The van der Waals surface area contributed by atoms with Crippen molar-refractivity contribution in [3.63, 3.8) is 0 Å². The molecule has 2 rings (SSSR count). The number of oxazole rings is 1. The molecule has 0 saturated carbocycles. The molecule has 0 spiro atoms. The van der Waals surface area contributed by atoms with Gasteiger partial charge in [-0.25, -0.2) is 4.98 Å². The number of carbonyl (C=O) groups is 1. The van der Waals surface area contributed by atoms with Gasteiger partial charge < -0.3 is 9.73 Å². The quantitative estimate of drug-likeness (QED) is 0.877. The van der Waals surface area contributed by atoms with Gasteiger partial charge in [-0.1, -0.05) is 24.3 Å². The molecule has 1 amide bonds. The molecule has 0 saturated heterocycles. The van der Waals surface area contributed by atoms with Crippen molar-refractivity contribution in [2.75, 3.05) is 0 Å². The smallest absolute Gasteiger partial charge is 0.220 e. The first-order chi connectivity index (χ1) is 8.75. The number of benzene rings is 1. The largest absolute Gasteiger partial charge is 0.451 e. The lowest BCUT2D eigenvalue weighted by Gasteiger charge is -2.07. The minimum atomic E-state index is 0.0289. The Morgan fingerprint density at radius 1 is 1.39 bits per heavy atom. The van der Waals surface area contributed by atoms with Gasteiger partial charge in [0.2, 0.25) is 5.91 Å². The van der Waals surface area contributed by atoms with Crippen molar-refractivity contribution < 1.29 is 9.21 Å². The molecule has 4 nitrogen and oxygen atoms in total. The molecule has 1 aromatic heterocycles. The number of rotatable bonds is 5. The zero-order valence-corrected chi connectivity index (χ0v) is 10.3. The molecule has 0 aliphatic rings. The van der Waals surface area contributed by atoms with Gasteiger partial charge in [-0.2, -0.15) is 0 Å². The SMILES string of the molecule is Cc1ccccc1CNC(=O)CCc1cocn1. The third kappa shape index (κ3) is 3.45. The Labute approximate surface area is 106 Å². The molecule has 1 aromatic carbocycles. The van der Waals surface area contributed by atoms with Gasteiger partial charge in [0.25, 0.3) is 0 Å². The highest BCUT2D eigenvalue weighted by Gasteiger charge is 2.04. The van der Waals surface area contributed by atoms with Crippen LogP contribution in [0.1, 0.15) is 23.2 Å². The van der Waals surface area contributed by atoms with E-state index in [4.69, 9.17) is 4.42 Å². The van der Waals surface area contributed by atoms with Gasteiger partial charge in [0.05, 0.1) is 5.69 Å². The maximum Gasteiger partial charge on any atom is 0.220 e. The fourth-order valence-electron chi connectivity index (χ4n) is 1.69. The standard InChI is InChI=1S/C14H16N2O2/c1-11-4-2-3-5-12(11)8-15-14(17)7-6-13-9-18-10-16-13/h2-5,9-10H,6-8H2,1H3,(H,15,17). The van der Waals surface area contributed by atoms with E-state index in [2.05, 4.69) is 10.3 Å². The zero-order chi connectivity index (χ0) is 12.8. The molecule has 0 aliphatic carbocycles. The predicted octanol–water partition coefficient (Wildman–Crippen LogP) is 2.23. The Kier molecular flexibility index (Phi) is 4.12. The van der Waals surface area contributed by atoms with Crippen LogP contribution in [0.5, 0.6) is 0 Å². The van der Waals surface area contributed by atoms with Crippen LogP contribution in [0.4, 0.5) is 0 Å². The molecule has 0 fully saturated rings. The van der Waals surface area contributed by atoms with E-state index < -0.39 is 0 Å². The second kappa shape index (κ2) is 6.00. The number of hydrogen-bond donors (Lipinski definition) is 1. The first-order valence-corrected chi connectivity index (χ1v) is 5.94. The lowest BCUT2D eigenvalue weighted by atomic mass is 10.1. The van der Waals surface area contributed by atoms with E-state index in [1.54, 1.807) is 6.26 Å². The van der Waals surface area contributed by atoms with Gasteiger partial charge in [-0.3, -0.25) is 4.79 Å². The molecule has 94 valence electrons. The maximum absolute atomic E-state index is 11.7. The fourth-order valence-corrected chi connectivity index (χ4v) is 1.69. The minimum absolute atomic E-state index is 0.0289. The van der Waals surface area contributed by atoms with E-state index in [1.807, 2.05) is 31.2 Å². The average Bonchev–Trinajstić information content (AvgIpc) is 2.88. The Morgan fingerprint density at radius 2 is 2.22 bits per heavy atom. The van der Waals surface area contributed by atoms with Crippen molar-refractivity contribution in [2.45, 2.75) is 26.3 Å². The summed E-state index contributed by atoms with van der Waals surface area (Å²) < 4.78 is 4.85. The van der Waals surface area contributed by atoms with E-state index in [0.717, 1.165) is 11.3 Å². The lowest BCUT2D eigenvalue weighted by molar-refractivity contribution is -0.121. The molecule has 0 atom stereocenters. The summed E-state index contributed by atoms with van der Waals surface area (Å²) in [6, 6.07) is 8.03. The van der Waals surface area contributed by atoms with Crippen molar-refractivity contribution in [2.24, 2.45) is 0 Å². The Balaban J connectivity index is 1.77. The van der Waals surface area contributed by atoms with Crippen LogP contribution in [0.2, 0.25) is 0 Å². The third-order valence-corrected chi connectivity index (χ3v) is 2.83. The third-order valence-electron chi connectivity index (χ3n) is 2.83. The Morgan fingerprint density at radius 3 is 2.94 bits per heavy atom. The van der Waals surface area contributed by atoms with E-state index in [-0.39, 0.29) is 5.91 Å². The molecular formula is C14H16N2O2. The summed E-state index contributed by atoms with van der Waals surface area (Å²) >= 11 is 0. The second-order valence-electron chi connectivity index (χ2n) is 4.18. The van der Waals surface area contributed by atoms with Gasteiger partial charge >= 0.3 is 0 Å². The van der Waals surface area contributed by atoms with Crippen LogP contribution in [0.25, 0.3) is 0 Å². The van der Waals surface area contributed by atoms with Crippen molar-refractivity contribution in [3.05, 3.63) is 53.7 Å². The molecule has 0 aliphatic heterocycles. The number of nitrogens with one attached hydrogen (secondary N) is 1. The van der Waals surface area contributed by atoms with E-state index in [9.17, 15) is 4.79 Å². The number of nitrogens with zero attached hydrogens (tertiary/aromatic N) is 1. The fraction of sp³-hybridized carbons (Fsp3) is 0.286. The van der Waals surface area contributed by atoms with Crippen molar-refractivity contribution in [3.8, 4) is 0 Å². The molecule has 2 aromatic rings. The van der Waals surface area contributed by atoms with Crippen molar-refractivity contribution in [1.82, 2.24) is 10.3 Å². The second-order valence-corrected chi connectivity index (χ2v) is 4.18. The number of aryl methyl sites for hydroxylation is 2. The predicted molar refractivity (Wildman–Crippen MR) is 67.8 cm³/mol. The first kappa shape index (κ1) is 12.4. The first-order valence-electron chi connectivity index (χ1n) is 5.94. The minimum Gasteiger partial charge on any atom is -0.451 e. The summed E-state index contributed by atoms with van der Waals surface area (Å²) in [5, 5.41) is 2.90. The number of amides is 1. The van der Waals surface area contributed by atoms with Gasteiger partial charge in [-0.05, 0) is 18.1 Å². The Hall–Kier alpha value is -2.10. The maximum atomic E-state index is 11.7. The summed E-state index contributed by atoms with van der Waals surface area (Å²) in [6.45, 7) is 2.61. The van der Waals surface area contributed by atoms with Crippen LogP contribution >= 0.6 is 0 Å². The van der Waals surface area contributed by atoms with Gasteiger partial charge in [0.15, 0.2) is 6.39 Å². The molecule has 0 unspecified atom stereocenters. The molecule has 0 bridgehead atoms. The van der Waals surface area contributed by atoms with Crippen molar-refractivity contribution >= 4 is 5.91 Å². The van der Waals surface area contributed by atoms with Crippen LogP contribution in [0, 0.1) is 6.92 Å². The number of aromatic nitrogens is 1. The van der Waals surface area contributed by atoms with Gasteiger partial charge in [0, 0.05) is 19.4 Å².